The summed E-state index contributed by atoms with van der Waals surface area (Å²) in [6, 6.07) is 3.31. The Kier molecular flexibility index (Phi) is 2.07. The molecule has 2 aromatic heterocycles. The lowest BCUT2D eigenvalue weighted by Crippen LogP contribution is -2.21. The normalized spacial score (nSPS) is 10.5. The third kappa shape index (κ3) is 1.52. The van der Waals surface area contributed by atoms with Crippen LogP contribution in [-0.4, -0.2) is 14.3 Å². The molecule has 0 aliphatic heterocycles. The van der Waals surface area contributed by atoms with Crippen molar-refractivity contribution in [1.82, 2.24) is 14.3 Å². The van der Waals surface area contributed by atoms with E-state index in [0.29, 0.717) is 5.82 Å². The molecule has 0 amide bonds. The van der Waals surface area contributed by atoms with Gasteiger partial charge in [-0.3, -0.25) is 14.0 Å². The van der Waals surface area contributed by atoms with Crippen molar-refractivity contribution >= 4 is 5.69 Å². The maximum Gasteiger partial charge on any atom is 0.279 e. The average molecular weight is 204 g/mol. The van der Waals surface area contributed by atoms with Gasteiger partial charge in [0, 0.05) is 25.0 Å². The van der Waals surface area contributed by atoms with Gasteiger partial charge in [0.25, 0.3) is 5.56 Å². The minimum atomic E-state index is -0.237. The van der Waals surface area contributed by atoms with Crippen LogP contribution in [0.3, 0.4) is 0 Å². The van der Waals surface area contributed by atoms with Gasteiger partial charge < -0.3 is 5.73 Å². The quantitative estimate of drug-likeness (QED) is 0.734. The number of nitrogens with zero attached hydrogens (tertiary/aromatic N) is 3. The monoisotopic (exact) mass is 204 g/mol. The van der Waals surface area contributed by atoms with E-state index in [0.717, 1.165) is 5.56 Å². The molecule has 5 nitrogen and oxygen atoms in total. The molecule has 15 heavy (non-hydrogen) atoms. The second kappa shape index (κ2) is 3.27. The number of nitrogen functional groups attached to an aromatic ring is 1. The first kappa shape index (κ1) is 9.51. The lowest BCUT2D eigenvalue weighted by atomic mass is 10.3. The fraction of sp³-hybridized carbons (Fsp3) is 0.200. The molecule has 0 fully saturated rings. The molecular formula is C10H12N4O. The summed E-state index contributed by atoms with van der Waals surface area (Å²) in [5.74, 6) is 0.620. The van der Waals surface area contributed by atoms with E-state index >= 15 is 0 Å². The minimum absolute atomic E-state index is 0.225. The van der Waals surface area contributed by atoms with Crippen molar-refractivity contribution < 1.29 is 0 Å². The third-order valence-electron chi connectivity index (χ3n) is 2.19. The molecule has 0 aromatic carbocycles. The topological polar surface area (TPSA) is 65.8 Å². The van der Waals surface area contributed by atoms with Crippen LogP contribution >= 0.6 is 0 Å². The molecular weight excluding hydrogens is 192 g/mol. The highest BCUT2D eigenvalue weighted by Crippen LogP contribution is 2.08. The van der Waals surface area contributed by atoms with Gasteiger partial charge in [-0.25, -0.2) is 0 Å². The maximum absolute atomic E-state index is 11.7. The first-order chi connectivity index (χ1) is 7.09. The van der Waals surface area contributed by atoms with E-state index in [1.807, 2.05) is 20.2 Å². The van der Waals surface area contributed by atoms with Gasteiger partial charge in [0.1, 0.15) is 0 Å². The Bertz CT molecular complexity index is 553. The summed E-state index contributed by atoms with van der Waals surface area (Å²) >= 11 is 0. The second-order valence-corrected chi connectivity index (χ2v) is 3.45. The van der Waals surface area contributed by atoms with Gasteiger partial charge in [-0.2, -0.15) is 5.10 Å². The van der Waals surface area contributed by atoms with Crippen LogP contribution in [0.2, 0.25) is 0 Å². The highest BCUT2D eigenvalue weighted by molar-refractivity contribution is 5.39. The van der Waals surface area contributed by atoms with E-state index in [2.05, 4.69) is 5.10 Å². The van der Waals surface area contributed by atoms with Gasteiger partial charge in [-0.1, -0.05) is 0 Å². The molecule has 2 heterocycles. The number of aromatic nitrogens is 3. The number of aryl methyl sites for hydroxylation is 2. The van der Waals surface area contributed by atoms with Gasteiger partial charge in [-0.15, -0.1) is 0 Å². The van der Waals surface area contributed by atoms with E-state index in [1.54, 1.807) is 23.0 Å². The summed E-state index contributed by atoms with van der Waals surface area (Å²) in [4.78, 5) is 11.7. The van der Waals surface area contributed by atoms with Crippen LogP contribution in [0.15, 0.2) is 29.3 Å². The van der Waals surface area contributed by atoms with Gasteiger partial charge in [0.15, 0.2) is 5.82 Å². The maximum atomic E-state index is 11.7. The van der Waals surface area contributed by atoms with Crippen LogP contribution in [-0.2, 0) is 7.05 Å². The van der Waals surface area contributed by atoms with Gasteiger partial charge >= 0.3 is 0 Å². The van der Waals surface area contributed by atoms with Crippen LogP contribution in [0.1, 0.15) is 5.56 Å². The largest absolute Gasteiger partial charge is 0.394 e. The van der Waals surface area contributed by atoms with Crippen LogP contribution in [0.25, 0.3) is 5.82 Å². The lowest BCUT2D eigenvalue weighted by Gasteiger charge is -2.03. The number of pyridine rings is 1. The van der Waals surface area contributed by atoms with E-state index in [1.165, 1.54) is 4.57 Å². The molecule has 0 atom stereocenters. The Hall–Kier alpha value is -2.04. The van der Waals surface area contributed by atoms with Crippen LogP contribution in [0.4, 0.5) is 5.69 Å². The number of anilines is 1. The van der Waals surface area contributed by atoms with Crippen molar-refractivity contribution in [2.75, 3.05) is 5.73 Å². The molecule has 2 N–H and O–H groups in total. The fourth-order valence-electron chi connectivity index (χ4n) is 1.51. The fourth-order valence-corrected chi connectivity index (χ4v) is 1.51. The highest BCUT2D eigenvalue weighted by Gasteiger charge is 2.08. The molecule has 2 rings (SSSR count). The predicted octanol–water partition coefficient (Wildman–Crippen LogP) is 0.462. The molecule has 0 spiro atoms. The van der Waals surface area contributed by atoms with Crippen LogP contribution in [0.5, 0.6) is 0 Å². The third-order valence-corrected chi connectivity index (χ3v) is 2.19. The Morgan fingerprint density at radius 2 is 2.20 bits per heavy atom. The van der Waals surface area contributed by atoms with E-state index < -0.39 is 0 Å². The number of nitrogens with two attached hydrogens (primary N) is 1. The molecule has 0 saturated heterocycles. The minimum Gasteiger partial charge on any atom is -0.394 e. The summed E-state index contributed by atoms with van der Waals surface area (Å²) in [5, 5.41) is 4.21. The first-order valence-electron chi connectivity index (χ1n) is 4.57. The smallest absolute Gasteiger partial charge is 0.279 e. The molecule has 0 radical (unpaired) electrons. The Labute approximate surface area is 86.8 Å². The van der Waals surface area contributed by atoms with E-state index in [-0.39, 0.29) is 11.2 Å². The zero-order valence-electron chi connectivity index (χ0n) is 8.64. The van der Waals surface area contributed by atoms with Crippen molar-refractivity contribution in [3.63, 3.8) is 0 Å². The molecule has 0 saturated carbocycles. The zero-order chi connectivity index (χ0) is 11.0. The van der Waals surface area contributed by atoms with Crippen LogP contribution in [0, 0.1) is 6.92 Å². The molecule has 2 aromatic rings. The average Bonchev–Trinajstić information content (AvgIpc) is 2.50. The van der Waals surface area contributed by atoms with Crippen molar-refractivity contribution in [3.05, 3.63) is 40.4 Å². The number of rotatable bonds is 1. The summed E-state index contributed by atoms with van der Waals surface area (Å²) in [5.41, 5.74) is 6.47. The van der Waals surface area contributed by atoms with Crippen molar-refractivity contribution in [2.24, 2.45) is 7.05 Å². The van der Waals surface area contributed by atoms with E-state index in [4.69, 9.17) is 5.73 Å². The summed E-state index contributed by atoms with van der Waals surface area (Å²) < 4.78 is 3.12. The Balaban J connectivity index is 2.69. The highest BCUT2D eigenvalue weighted by atomic mass is 16.1. The summed E-state index contributed by atoms with van der Waals surface area (Å²) in [6.45, 7) is 1.90. The van der Waals surface area contributed by atoms with Crippen molar-refractivity contribution in [2.45, 2.75) is 6.92 Å². The summed E-state index contributed by atoms with van der Waals surface area (Å²) in [7, 11) is 1.81. The van der Waals surface area contributed by atoms with Gasteiger partial charge in [0.05, 0.1) is 5.69 Å². The Morgan fingerprint density at radius 1 is 1.47 bits per heavy atom. The summed E-state index contributed by atoms with van der Waals surface area (Å²) in [6.07, 6.45) is 3.51. The van der Waals surface area contributed by atoms with Gasteiger partial charge in [-0.05, 0) is 19.1 Å². The van der Waals surface area contributed by atoms with Crippen molar-refractivity contribution in [1.29, 1.82) is 0 Å². The van der Waals surface area contributed by atoms with Crippen molar-refractivity contribution in [3.8, 4) is 5.82 Å². The number of hydrogen-bond donors (Lipinski definition) is 1. The molecule has 0 unspecified atom stereocenters. The molecule has 0 aliphatic rings. The second-order valence-electron chi connectivity index (χ2n) is 3.45. The zero-order valence-corrected chi connectivity index (χ0v) is 8.64. The number of hydrogen-bond acceptors (Lipinski definition) is 3. The molecule has 0 aliphatic carbocycles. The van der Waals surface area contributed by atoms with Crippen LogP contribution < -0.4 is 11.3 Å². The molecule has 78 valence electrons. The lowest BCUT2D eigenvalue weighted by molar-refractivity contribution is 0.747. The Morgan fingerprint density at radius 3 is 2.80 bits per heavy atom. The predicted molar refractivity (Wildman–Crippen MR) is 58.0 cm³/mol. The molecule has 0 bridgehead atoms. The van der Waals surface area contributed by atoms with E-state index in [9.17, 15) is 4.79 Å². The molecule has 5 heteroatoms. The SMILES string of the molecule is Cc1cn(C)nc1-n1cccc(N)c1=O. The first-order valence-corrected chi connectivity index (χ1v) is 4.57. The standard InChI is InChI=1S/C10H12N4O/c1-7-6-13(2)12-9(7)14-5-3-4-8(11)10(14)15/h3-6H,11H2,1-2H3. The van der Waals surface area contributed by atoms with Gasteiger partial charge in [0.2, 0.25) is 0 Å².